The normalized spacial score (nSPS) is 11.5. The van der Waals surface area contributed by atoms with E-state index in [1.807, 2.05) is 29.7 Å². The molecule has 0 unspecified atom stereocenters. The highest BCUT2D eigenvalue weighted by molar-refractivity contribution is 7.16. The maximum atomic E-state index is 12.3. The third-order valence-corrected chi connectivity index (χ3v) is 5.19. The van der Waals surface area contributed by atoms with E-state index in [0.717, 1.165) is 15.8 Å². The lowest BCUT2D eigenvalue weighted by atomic mass is 10.2. The van der Waals surface area contributed by atoms with Crippen molar-refractivity contribution in [2.24, 2.45) is 4.99 Å². The van der Waals surface area contributed by atoms with Crippen LogP contribution in [0, 0.1) is 19.3 Å². The molecule has 0 spiro atoms. The standard InChI is InChI=1S/C19H14Cl2N2O2S/c1-3-9-23-18-12(2)5-4-6-16(18)26-19(23)22-17(24)11-25-15-8-7-13(20)10-14(15)21/h1,4-8,10H,9,11H2,2H3. The van der Waals surface area contributed by atoms with Crippen LogP contribution in [0.3, 0.4) is 0 Å². The molecule has 0 atom stereocenters. The molecule has 0 saturated heterocycles. The van der Waals surface area contributed by atoms with Crippen molar-refractivity contribution in [3.05, 3.63) is 56.8 Å². The van der Waals surface area contributed by atoms with Gasteiger partial charge in [-0.1, -0.05) is 52.6 Å². The molecule has 0 aliphatic carbocycles. The highest BCUT2D eigenvalue weighted by Crippen LogP contribution is 2.27. The first-order chi connectivity index (χ1) is 12.5. The molecule has 0 radical (unpaired) electrons. The quantitative estimate of drug-likeness (QED) is 0.602. The Morgan fingerprint density at radius 3 is 2.88 bits per heavy atom. The van der Waals surface area contributed by atoms with Crippen LogP contribution < -0.4 is 9.54 Å². The SMILES string of the molecule is C#CCn1c(=NC(=O)COc2ccc(Cl)cc2Cl)sc2cccc(C)c21. The number of carbonyl (C=O) groups is 1. The summed E-state index contributed by atoms with van der Waals surface area (Å²) in [5.41, 5.74) is 2.07. The molecule has 26 heavy (non-hydrogen) atoms. The minimum Gasteiger partial charge on any atom is -0.482 e. The molecule has 1 amide bonds. The molecule has 0 fully saturated rings. The Bertz CT molecular complexity index is 1090. The van der Waals surface area contributed by atoms with E-state index in [2.05, 4.69) is 10.9 Å². The zero-order valence-electron chi connectivity index (χ0n) is 13.8. The van der Waals surface area contributed by atoms with Crippen molar-refractivity contribution in [3.63, 3.8) is 0 Å². The average molecular weight is 405 g/mol. The molecular formula is C19H14Cl2N2O2S. The van der Waals surface area contributed by atoms with Gasteiger partial charge in [-0.25, -0.2) is 0 Å². The summed E-state index contributed by atoms with van der Waals surface area (Å²) in [7, 11) is 0. The van der Waals surface area contributed by atoms with Crippen LogP contribution in [0.25, 0.3) is 10.2 Å². The van der Waals surface area contributed by atoms with E-state index in [9.17, 15) is 4.79 Å². The number of thiazole rings is 1. The second-order valence-corrected chi connectivity index (χ2v) is 7.32. The summed E-state index contributed by atoms with van der Waals surface area (Å²) in [4.78, 5) is 17.0. The van der Waals surface area contributed by atoms with Crippen molar-refractivity contribution in [3.8, 4) is 18.1 Å². The van der Waals surface area contributed by atoms with Crippen molar-refractivity contribution in [2.75, 3.05) is 6.61 Å². The van der Waals surface area contributed by atoms with Gasteiger partial charge in [0, 0.05) is 5.02 Å². The number of aromatic nitrogens is 1. The van der Waals surface area contributed by atoms with Crippen LogP contribution in [0.1, 0.15) is 5.56 Å². The summed E-state index contributed by atoms with van der Waals surface area (Å²) < 4.78 is 8.33. The van der Waals surface area contributed by atoms with Gasteiger partial charge in [0.1, 0.15) is 5.75 Å². The fourth-order valence-electron chi connectivity index (χ4n) is 2.50. The molecule has 2 aromatic carbocycles. The Hall–Kier alpha value is -2.26. The molecule has 132 valence electrons. The molecule has 3 aromatic rings. The topological polar surface area (TPSA) is 43.6 Å². The van der Waals surface area contributed by atoms with Gasteiger partial charge in [-0.3, -0.25) is 4.79 Å². The lowest BCUT2D eigenvalue weighted by molar-refractivity contribution is -0.120. The van der Waals surface area contributed by atoms with Crippen LogP contribution in [-0.2, 0) is 11.3 Å². The molecule has 0 saturated carbocycles. The Labute approximate surface area is 164 Å². The minimum atomic E-state index is -0.425. The molecule has 0 N–H and O–H groups in total. The van der Waals surface area contributed by atoms with Crippen molar-refractivity contribution in [1.29, 1.82) is 0 Å². The van der Waals surface area contributed by atoms with Gasteiger partial charge in [-0.15, -0.1) is 6.42 Å². The number of aryl methyl sites for hydroxylation is 1. The lowest BCUT2D eigenvalue weighted by Crippen LogP contribution is -2.19. The van der Waals surface area contributed by atoms with Crippen molar-refractivity contribution in [2.45, 2.75) is 13.5 Å². The summed E-state index contributed by atoms with van der Waals surface area (Å²) in [5, 5.41) is 0.833. The number of carbonyl (C=O) groups excluding carboxylic acids is 1. The summed E-state index contributed by atoms with van der Waals surface area (Å²) >= 11 is 13.3. The van der Waals surface area contributed by atoms with E-state index >= 15 is 0 Å². The predicted octanol–water partition coefficient (Wildman–Crippen LogP) is 4.46. The van der Waals surface area contributed by atoms with Crippen LogP contribution in [0.5, 0.6) is 5.75 Å². The number of para-hydroxylation sites is 1. The summed E-state index contributed by atoms with van der Waals surface area (Å²) in [6.07, 6.45) is 5.48. The second-order valence-electron chi connectivity index (χ2n) is 5.47. The number of halogens is 2. The Kier molecular flexibility index (Phi) is 5.67. The van der Waals surface area contributed by atoms with Crippen LogP contribution in [0.15, 0.2) is 41.4 Å². The highest BCUT2D eigenvalue weighted by atomic mass is 35.5. The first-order valence-electron chi connectivity index (χ1n) is 7.67. The molecular weight excluding hydrogens is 391 g/mol. The van der Waals surface area contributed by atoms with Gasteiger partial charge in [-0.2, -0.15) is 4.99 Å². The molecule has 0 aliphatic heterocycles. The molecule has 3 rings (SSSR count). The number of amides is 1. The number of ether oxygens (including phenoxy) is 1. The van der Waals surface area contributed by atoms with Gasteiger partial charge in [0.2, 0.25) is 0 Å². The lowest BCUT2D eigenvalue weighted by Gasteiger charge is -2.06. The van der Waals surface area contributed by atoms with Crippen molar-refractivity contribution in [1.82, 2.24) is 4.57 Å². The fourth-order valence-corrected chi connectivity index (χ4v) is 4.09. The highest BCUT2D eigenvalue weighted by Gasteiger charge is 2.10. The molecule has 1 aromatic heterocycles. The maximum absolute atomic E-state index is 12.3. The summed E-state index contributed by atoms with van der Waals surface area (Å²) in [6, 6.07) is 10.7. The fraction of sp³-hybridized carbons (Fsp3) is 0.158. The number of hydrogen-bond acceptors (Lipinski definition) is 3. The molecule has 1 heterocycles. The van der Waals surface area contributed by atoms with E-state index in [0.29, 0.717) is 27.1 Å². The maximum Gasteiger partial charge on any atom is 0.286 e. The summed E-state index contributed by atoms with van der Waals surface area (Å²) in [6.45, 7) is 2.10. The van der Waals surface area contributed by atoms with Crippen LogP contribution in [0.2, 0.25) is 10.0 Å². The minimum absolute atomic E-state index is 0.232. The third kappa shape index (κ3) is 3.94. The van der Waals surface area contributed by atoms with E-state index in [4.69, 9.17) is 34.4 Å². The van der Waals surface area contributed by atoms with Gasteiger partial charge >= 0.3 is 0 Å². The predicted molar refractivity (Wildman–Crippen MR) is 106 cm³/mol. The Morgan fingerprint density at radius 1 is 1.35 bits per heavy atom. The molecule has 0 aliphatic rings. The first-order valence-corrected chi connectivity index (χ1v) is 9.24. The zero-order chi connectivity index (χ0) is 18.7. The van der Waals surface area contributed by atoms with Gasteiger partial charge in [0.25, 0.3) is 5.91 Å². The average Bonchev–Trinajstić information content (AvgIpc) is 2.93. The number of benzene rings is 2. The first kappa shape index (κ1) is 18.5. The van der Waals surface area contributed by atoms with Gasteiger partial charge in [0.05, 0.1) is 21.8 Å². The summed E-state index contributed by atoms with van der Waals surface area (Å²) in [5.74, 6) is 2.56. The molecule has 0 bridgehead atoms. The number of rotatable bonds is 4. The smallest absolute Gasteiger partial charge is 0.286 e. The van der Waals surface area contributed by atoms with Gasteiger partial charge in [0.15, 0.2) is 11.4 Å². The van der Waals surface area contributed by atoms with Crippen molar-refractivity contribution >= 4 is 50.7 Å². The van der Waals surface area contributed by atoms with Gasteiger partial charge in [-0.05, 0) is 36.8 Å². The van der Waals surface area contributed by atoms with E-state index < -0.39 is 5.91 Å². The van der Waals surface area contributed by atoms with E-state index in [1.165, 1.54) is 11.3 Å². The molecule has 7 heteroatoms. The number of terminal acetylenes is 1. The number of hydrogen-bond donors (Lipinski definition) is 0. The number of nitrogens with zero attached hydrogens (tertiary/aromatic N) is 2. The molecule has 4 nitrogen and oxygen atoms in total. The van der Waals surface area contributed by atoms with Crippen LogP contribution in [-0.4, -0.2) is 17.1 Å². The Morgan fingerprint density at radius 2 is 2.15 bits per heavy atom. The second kappa shape index (κ2) is 7.96. The zero-order valence-corrected chi connectivity index (χ0v) is 16.2. The Balaban J connectivity index is 1.89. The number of fused-ring (bicyclic) bond motifs is 1. The third-order valence-electron chi connectivity index (χ3n) is 3.62. The largest absolute Gasteiger partial charge is 0.482 e. The van der Waals surface area contributed by atoms with Crippen LogP contribution >= 0.6 is 34.5 Å². The van der Waals surface area contributed by atoms with Gasteiger partial charge < -0.3 is 9.30 Å². The van der Waals surface area contributed by atoms with Crippen molar-refractivity contribution < 1.29 is 9.53 Å². The van der Waals surface area contributed by atoms with E-state index in [1.54, 1.807) is 18.2 Å². The van der Waals surface area contributed by atoms with E-state index in [-0.39, 0.29) is 6.61 Å². The monoisotopic (exact) mass is 404 g/mol. The van der Waals surface area contributed by atoms with Crippen LogP contribution in [0.4, 0.5) is 0 Å².